The molecule has 6 nitrogen and oxygen atoms in total. The molecule has 130 valence electrons. The summed E-state index contributed by atoms with van der Waals surface area (Å²) in [6.45, 7) is 0. The fourth-order valence-corrected chi connectivity index (χ4v) is 3.56. The van der Waals surface area contributed by atoms with Crippen LogP contribution in [0.2, 0.25) is 0 Å². The van der Waals surface area contributed by atoms with Gasteiger partial charge in [-0.2, -0.15) is 0 Å². The predicted molar refractivity (Wildman–Crippen MR) is 96.2 cm³/mol. The van der Waals surface area contributed by atoms with Gasteiger partial charge in [0.05, 0.1) is 21.3 Å². The van der Waals surface area contributed by atoms with Gasteiger partial charge in [0.25, 0.3) is 0 Å². The van der Waals surface area contributed by atoms with E-state index in [1.54, 1.807) is 18.3 Å². The number of nitrogens with two attached hydrogens (primary N) is 1. The largest absolute Gasteiger partial charge is 0.257 e. The number of nitrogens with zero attached hydrogens (tertiary/aromatic N) is 3. The van der Waals surface area contributed by atoms with Crippen LogP contribution in [0.1, 0.15) is 11.3 Å². The minimum atomic E-state index is -3.72. The highest BCUT2D eigenvalue weighted by Gasteiger charge is 2.35. The van der Waals surface area contributed by atoms with E-state index in [-0.39, 0.29) is 4.90 Å². The molecule has 0 unspecified atom stereocenters. The molecule has 0 bridgehead atoms. The summed E-state index contributed by atoms with van der Waals surface area (Å²) in [5.41, 5.74) is 0.767. The average molecular weight is 364 g/mol. The summed E-state index contributed by atoms with van der Waals surface area (Å²) in [5, 5.41) is 6.81. The first-order valence-corrected chi connectivity index (χ1v) is 9.59. The maximum Gasteiger partial charge on any atom is 0.238 e. The van der Waals surface area contributed by atoms with E-state index in [0.29, 0.717) is 6.42 Å². The number of hydrogen-bond donors (Lipinski definition) is 1. The molecule has 7 heteroatoms. The maximum atomic E-state index is 11.5. The lowest BCUT2D eigenvalue weighted by atomic mass is 9.97. The van der Waals surface area contributed by atoms with Crippen LogP contribution < -0.4 is 15.9 Å². The minimum absolute atomic E-state index is 0.0803. The standard InChI is InChI=1S/C19H16N4O2S/c20-26(24,25)15-10-8-14(9-11-15)13-19(18-7-3-4-12-21-18)22-16-5-1-2-6-17(16)23-19/h1-12H,13H2,(H2,20,24,25). The lowest BCUT2D eigenvalue weighted by molar-refractivity contribution is 0.450. The van der Waals surface area contributed by atoms with Gasteiger partial charge in [-0.1, -0.05) is 30.3 Å². The summed E-state index contributed by atoms with van der Waals surface area (Å²) < 4.78 is 22.9. The fraction of sp³-hybridized carbons (Fsp3) is 0.105. The number of para-hydroxylation sites is 2. The molecule has 1 aliphatic rings. The first kappa shape index (κ1) is 16.6. The Morgan fingerprint density at radius 3 is 2.00 bits per heavy atom. The highest BCUT2D eigenvalue weighted by atomic mass is 32.2. The quantitative estimate of drug-likeness (QED) is 0.750. The van der Waals surface area contributed by atoms with E-state index in [0.717, 1.165) is 22.0 Å². The van der Waals surface area contributed by atoms with Crippen molar-refractivity contribution >= 4 is 10.0 Å². The Bertz CT molecular complexity index is 1140. The van der Waals surface area contributed by atoms with Crippen LogP contribution in [0, 0.1) is 0 Å². The van der Waals surface area contributed by atoms with Gasteiger partial charge in [-0.15, -0.1) is 0 Å². The molecule has 0 spiro atoms. The molecule has 1 aliphatic heterocycles. The molecule has 4 rings (SSSR count). The molecule has 2 N–H and O–H groups in total. The Labute approximate surface area is 150 Å². The van der Waals surface area contributed by atoms with Crippen LogP contribution in [-0.2, 0) is 22.1 Å². The van der Waals surface area contributed by atoms with Crippen LogP contribution in [-0.4, -0.2) is 13.4 Å². The molecule has 0 atom stereocenters. The van der Waals surface area contributed by atoms with Gasteiger partial charge in [-0.3, -0.25) is 4.98 Å². The topological polar surface area (TPSA) is 97.8 Å². The van der Waals surface area contributed by atoms with Crippen molar-refractivity contribution in [3.63, 3.8) is 0 Å². The molecule has 2 aromatic carbocycles. The second kappa shape index (κ2) is 6.12. The van der Waals surface area contributed by atoms with Gasteiger partial charge in [0.1, 0.15) is 0 Å². The van der Waals surface area contributed by atoms with Crippen molar-refractivity contribution in [1.82, 2.24) is 4.98 Å². The molecular weight excluding hydrogens is 348 g/mol. The van der Waals surface area contributed by atoms with E-state index in [9.17, 15) is 8.42 Å². The molecule has 1 aromatic heterocycles. The normalized spacial score (nSPS) is 15.0. The number of hydrogen-bond acceptors (Lipinski definition) is 5. The van der Waals surface area contributed by atoms with E-state index in [2.05, 4.69) is 4.98 Å². The van der Waals surface area contributed by atoms with Crippen LogP contribution in [0.15, 0.2) is 87.8 Å². The zero-order valence-electron chi connectivity index (χ0n) is 13.8. The van der Waals surface area contributed by atoms with E-state index in [1.165, 1.54) is 12.1 Å². The summed E-state index contributed by atoms with van der Waals surface area (Å²) in [7, 11) is -3.72. The van der Waals surface area contributed by atoms with Gasteiger partial charge in [0.15, 0.2) is 5.66 Å². The third-order valence-electron chi connectivity index (χ3n) is 4.27. The van der Waals surface area contributed by atoms with Crippen LogP contribution in [0.25, 0.3) is 0 Å². The van der Waals surface area contributed by atoms with Gasteiger partial charge in [0.2, 0.25) is 10.0 Å². The molecule has 2 heterocycles. The average Bonchev–Trinajstić information content (AvgIpc) is 3.01. The zero-order chi connectivity index (χ0) is 18.2. The van der Waals surface area contributed by atoms with Gasteiger partial charge >= 0.3 is 0 Å². The summed E-state index contributed by atoms with van der Waals surface area (Å²) in [4.78, 5) is 14.2. The van der Waals surface area contributed by atoms with Gasteiger partial charge in [-0.25, -0.2) is 23.5 Å². The van der Waals surface area contributed by atoms with Crippen molar-refractivity contribution < 1.29 is 8.42 Å². The maximum absolute atomic E-state index is 11.5. The summed E-state index contributed by atoms with van der Waals surface area (Å²) in [6.07, 6.45) is 2.18. The van der Waals surface area contributed by atoms with Crippen LogP contribution in [0.5, 0.6) is 0 Å². The second-order valence-corrected chi connectivity index (χ2v) is 7.67. The van der Waals surface area contributed by atoms with Gasteiger partial charge in [0, 0.05) is 12.6 Å². The molecular formula is C19H16N4O2S. The smallest absolute Gasteiger partial charge is 0.238 e. The van der Waals surface area contributed by atoms with Crippen LogP contribution >= 0.6 is 0 Å². The van der Waals surface area contributed by atoms with E-state index in [4.69, 9.17) is 15.1 Å². The number of sulfonamides is 1. The highest BCUT2D eigenvalue weighted by molar-refractivity contribution is 7.89. The number of benzene rings is 2. The Morgan fingerprint density at radius 1 is 0.846 bits per heavy atom. The Balaban J connectivity index is 1.80. The van der Waals surface area contributed by atoms with Crippen molar-refractivity contribution in [2.24, 2.45) is 15.1 Å². The molecule has 0 saturated carbocycles. The molecule has 0 aliphatic carbocycles. The Hall–Kier alpha value is -2.90. The van der Waals surface area contributed by atoms with Crippen molar-refractivity contribution in [1.29, 1.82) is 0 Å². The SMILES string of the molecule is NS(=O)(=O)c1ccc(CC2(c3ccccn3)N=c3ccccc3=N2)cc1. The number of fused-ring (bicyclic) bond motifs is 1. The number of primary sulfonamides is 1. The van der Waals surface area contributed by atoms with Crippen molar-refractivity contribution in [3.8, 4) is 0 Å². The third kappa shape index (κ3) is 3.02. The van der Waals surface area contributed by atoms with Gasteiger partial charge < -0.3 is 0 Å². The van der Waals surface area contributed by atoms with E-state index in [1.807, 2.05) is 42.5 Å². The van der Waals surface area contributed by atoms with Crippen molar-refractivity contribution in [2.45, 2.75) is 17.0 Å². The predicted octanol–water partition coefficient (Wildman–Crippen LogP) is 1.08. The number of aromatic nitrogens is 1. The molecule has 0 amide bonds. The minimum Gasteiger partial charge on any atom is -0.257 e. The Morgan fingerprint density at radius 2 is 1.46 bits per heavy atom. The van der Waals surface area contributed by atoms with Crippen molar-refractivity contribution in [3.05, 3.63) is 94.9 Å². The van der Waals surface area contributed by atoms with Crippen LogP contribution in [0.4, 0.5) is 0 Å². The Kier molecular flexibility index (Phi) is 3.90. The highest BCUT2D eigenvalue weighted by Crippen LogP contribution is 2.31. The summed E-state index contributed by atoms with van der Waals surface area (Å²) in [6, 6.07) is 19.8. The van der Waals surface area contributed by atoms with Gasteiger partial charge in [-0.05, 0) is 42.0 Å². The second-order valence-electron chi connectivity index (χ2n) is 6.11. The first-order chi connectivity index (χ1) is 12.5. The number of pyridine rings is 1. The molecule has 26 heavy (non-hydrogen) atoms. The summed E-state index contributed by atoms with van der Waals surface area (Å²) >= 11 is 0. The molecule has 0 radical (unpaired) electrons. The van der Waals surface area contributed by atoms with E-state index < -0.39 is 15.7 Å². The fourth-order valence-electron chi connectivity index (χ4n) is 3.04. The summed E-state index contributed by atoms with van der Waals surface area (Å²) in [5.74, 6) is 0. The van der Waals surface area contributed by atoms with E-state index >= 15 is 0 Å². The lowest BCUT2D eigenvalue weighted by Gasteiger charge is -2.23. The molecule has 0 fully saturated rings. The molecule has 0 saturated heterocycles. The van der Waals surface area contributed by atoms with Crippen molar-refractivity contribution in [2.75, 3.05) is 0 Å². The molecule has 3 aromatic rings. The van der Waals surface area contributed by atoms with Crippen LogP contribution in [0.3, 0.4) is 0 Å². The first-order valence-electron chi connectivity index (χ1n) is 8.04. The monoisotopic (exact) mass is 364 g/mol. The third-order valence-corrected chi connectivity index (χ3v) is 5.20. The lowest BCUT2D eigenvalue weighted by Crippen LogP contribution is -2.25. The zero-order valence-corrected chi connectivity index (χ0v) is 14.6. The number of rotatable bonds is 4.